The number of carbonyl (C=O) groups is 2. The first kappa shape index (κ1) is 18.6. The van der Waals surface area contributed by atoms with Crippen molar-refractivity contribution in [3.8, 4) is 0 Å². The number of piperidine rings is 1. The molecule has 1 N–H and O–H groups in total. The zero-order valence-corrected chi connectivity index (χ0v) is 15.7. The number of rotatable bonds is 9. The van der Waals surface area contributed by atoms with E-state index < -0.39 is 5.97 Å². The maximum absolute atomic E-state index is 12.9. The minimum absolute atomic E-state index is 0.120. The van der Waals surface area contributed by atoms with Crippen LogP contribution in [-0.2, 0) is 9.59 Å². The molecule has 0 bridgehead atoms. The highest BCUT2D eigenvalue weighted by molar-refractivity contribution is 5.79. The Labute approximate surface area is 151 Å². The van der Waals surface area contributed by atoms with Gasteiger partial charge in [-0.15, -0.1) is 0 Å². The summed E-state index contributed by atoms with van der Waals surface area (Å²) in [6.45, 7) is 7.45. The summed E-state index contributed by atoms with van der Waals surface area (Å²) in [5.41, 5.74) is 0. The molecule has 1 amide bonds. The molecule has 1 aliphatic heterocycles. The molecule has 25 heavy (non-hydrogen) atoms. The first-order valence-corrected chi connectivity index (χ1v) is 9.99. The molecule has 0 spiro atoms. The van der Waals surface area contributed by atoms with Gasteiger partial charge in [-0.05, 0) is 57.9 Å². The van der Waals surface area contributed by atoms with E-state index in [0.717, 1.165) is 38.4 Å². The molecule has 3 aliphatic rings. The van der Waals surface area contributed by atoms with Gasteiger partial charge in [0.05, 0.1) is 13.1 Å². The van der Waals surface area contributed by atoms with E-state index in [4.69, 9.17) is 5.11 Å². The van der Waals surface area contributed by atoms with Crippen molar-refractivity contribution < 1.29 is 14.7 Å². The Bertz CT molecular complexity index is 482. The third-order valence-corrected chi connectivity index (χ3v) is 6.15. The Kier molecular flexibility index (Phi) is 6.00. The van der Waals surface area contributed by atoms with Crippen molar-refractivity contribution in [3.05, 3.63) is 0 Å². The van der Waals surface area contributed by atoms with Gasteiger partial charge in [0.25, 0.3) is 0 Å². The zero-order chi connectivity index (χ0) is 18.0. The summed E-state index contributed by atoms with van der Waals surface area (Å²) in [5.74, 6) is 0.274. The van der Waals surface area contributed by atoms with Crippen LogP contribution in [0.2, 0.25) is 0 Å². The number of aliphatic carboxylic acids is 1. The van der Waals surface area contributed by atoms with Crippen molar-refractivity contribution >= 4 is 11.9 Å². The van der Waals surface area contributed by atoms with E-state index in [9.17, 15) is 9.59 Å². The molecular weight excluding hydrogens is 318 g/mol. The lowest BCUT2D eigenvalue weighted by Gasteiger charge is -2.38. The second kappa shape index (κ2) is 8.04. The summed E-state index contributed by atoms with van der Waals surface area (Å²) in [6.07, 6.45) is 6.81. The van der Waals surface area contributed by atoms with E-state index >= 15 is 0 Å². The summed E-state index contributed by atoms with van der Waals surface area (Å²) >= 11 is 0. The molecule has 1 saturated heterocycles. The summed E-state index contributed by atoms with van der Waals surface area (Å²) < 4.78 is 0. The van der Waals surface area contributed by atoms with Crippen molar-refractivity contribution in [1.82, 2.24) is 14.7 Å². The van der Waals surface area contributed by atoms with Crippen LogP contribution >= 0.6 is 0 Å². The molecule has 2 saturated carbocycles. The molecule has 1 atom stereocenters. The summed E-state index contributed by atoms with van der Waals surface area (Å²) in [4.78, 5) is 30.4. The molecule has 142 valence electrons. The minimum Gasteiger partial charge on any atom is -0.480 e. The maximum Gasteiger partial charge on any atom is 0.317 e. The van der Waals surface area contributed by atoms with Crippen LogP contribution in [-0.4, -0.2) is 82.5 Å². The van der Waals surface area contributed by atoms with Crippen molar-refractivity contribution in [2.75, 3.05) is 32.7 Å². The number of hydrogen-bond acceptors (Lipinski definition) is 4. The van der Waals surface area contributed by atoms with Crippen LogP contribution in [0, 0.1) is 5.92 Å². The van der Waals surface area contributed by atoms with Crippen LogP contribution in [0.3, 0.4) is 0 Å². The molecule has 0 radical (unpaired) electrons. The number of likely N-dealkylation sites (N-methyl/N-ethyl adjacent to an activating group) is 1. The highest BCUT2D eigenvalue weighted by Crippen LogP contribution is 2.39. The molecule has 0 aromatic carbocycles. The van der Waals surface area contributed by atoms with Crippen LogP contribution in [0.5, 0.6) is 0 Å². The molecule has 3 rings (SSSR count). The maximum atomic E-state index is 12.9. The van der Waals surface area contributed by atoms with Crippen molar-refractivity contribution in [1.29, 1.82) is 0 Å². The fraction of sp³-hybridized carbons (Fsp3) is 0.895. The van der Waals surface area contributed by atoms with Gasteiger partial charge < -0.3 is 10.0 Å². The van der Waals surface area contributed by atoms with E-state index in [-0.39, 0.29) is 6.54 Å². The quantitative estimate of drug-likeness (QED) is 0.684. The average molecular weight is 351 g/mol. The lowest BCUT2D eigenvalue weighted by molar-refractivity contribution is -0.139. The van der Waals surface area contributed by atoms with E-state index in [1.165, 1.54) is 25.7 Å². The molecule has 6 nitrogen and oxygen atoms in total. The third-order valence-electron chi connectivity index (χ3n) is 6.15. The smallest absolute Gasteiger partial charge is 0.317 e. The number of hydrogen-bond donors (Lipinski definition) is 1. The summed E-state index contributed by atoms with van der Waals surface area (Å²) in [5, 5.41) is 9.04. The molecule has 3 fully saturated rings. The Morgan fingerprint density at radius 3 is 2.20 bits per heavy atom. The second-order valence-electron chi connectivity index (χ2n) is 8.07. The summed E-state index contributed by atoms with van der Waals surface area (Å²) in [7, 11) is 0. The number of amides is 1. The SMILES string of the molecule is CCN(CC(=O)O)C1CCN(CC(=O)N(C2CC2)C(C)C2CC2)CC1. The molecule has 6 heteroatoms. The van der Waals surface area contributed by atoms with Gasteiger partial charge in [-0.3, -0.25) is 19.4 Å². The van der Waals surface area contributed by atoms with Crippen LogP contribution in [0.4, 0.5) is 0 Å². The van der Waals surface area contributed by atoms with Crippen LogP contribution in [0.25, 0.3) is 0 Å². The van der Waals surface area contributed by atoms with Crippen LogP contribution < -0.4 is 0 Å². The number of carboxylic acids is 1. The van der Waals surface area contributed by atoms with Crippen molar-refractivity contribution in [3.63, 3.8) is 0 Å². The largest absolute Gasteiger partial charge is 0.480 e. The Balaban J connectivity index is 1.47. The first-order chi connectivity index (χ1) is 12.0. The van der Waals surface area contributed by atoms with E-state index in [2.05, 4.69) is 16.7 Å². The minimum atomic E-state index is -0.756. The normalized spacial score (nSPS) is 23.6. The third kappa shape index (κ3) is 4.94. The topological polar surface area (TPSA) is 64.1 Å². The predicted molar refractivity (Wildman–Crippen MR) is 96.4 cm³/mol. The van der Waals surface area contributed by atoms with Crippen molar-refractivity contribution in [2.45, 2.75) is 70.5 Å². The molecular formula is C19H33N3O3. The van der Waals surface area contributed by atoms with Crippen LogP contribution in [0.1, 0.15) is 52.4 Å². The number of nitrogens with zero attached hydrogens (tertiary/aromatic N) is 3. The van der Waals surface area contributed by atoms with Gasteiger partial charge in [-0.1, -0.05) is 6.92 Å². The Morgan fingerprint density at radius 2 is 1.72 bits per heavy atom. The van der Waals surface area contributed by atoms with Gasteiger partial charge in [-0.25, -0.2) is 0 Å². The molecule has 1 unspecified atom stereocenters. The highest BCUT2D eigenvalue weighted by Gasteiger charge is 2.42. The molecule has 2 aliphatic carbocycles. The second-order valence-corrected chi connectivity index (χ2v) is 8.07. The monoisotopic (exact) mass is 351 g/mol. The zero-order valence-electron chi connectivity index (χ0n) is 15.7. The number of likely N-dealkylation sites (tertiary alicyclic amines) is 1. The van der Waals surface area contributed by atoms with Crippen LogP contribution in [0.15, 0.2) is 0 Å². The number of carboxylic acid groups (broad SMARTS) is 1. The summed E-state index contributed by atoms with van der Waals surface area (Å²) in [6, 6.07) is 1.23. The molecule has 0 aromatic rings. The predicted octanol–water partition coefficient (Wildman–Crippen LogP) is 1.65. The molecule has 0 aromatic heterocycles. The first-order valence-electron chi connectivity index (χ1n) is 9.99. The lowest BCUT2D eigenvalue weighted by atomic mass is 10.0. The van der Waals surface area contributed by atoms with Gasteiger partial charge in [0.2, 0.25) is 5.91 Å². The van der Waals surface area contributed by atoms with Gasteiger partial charge in [-0.2, -0.15) is 0 Å². The van der Waals surface area contributed by atoms with Gasteiger partial charge in [0.15, 0.2) is 0 Å². The van der Waals surface area contributed by atoms with Gasteiger partial charge in [0.1, 0.15) is 0 Å². The van der Waals surface area contributed by atoms with E-state index in [0.29, 0.717) is 30.6 Å². The Hall–Kier alpha value is -1.14. The molecule has 1 heterocycles. The average Bonchev–Trinajstić information content (AvgIpc) is 3.46. The van der Waals surface area contributed by atoms with Crippen molar-refractivity contribution in [2.24, 2.45) is 5.92 Å². The Morgan fingerprint density at radius 1 is 1.08 bits per heavy atom. The number of carbonyl (C=O) groups excluding carboxylic acids is 1. The standard InChI is InChI=1S/C19H33N3O3/c1-3-21(13-19(24)25)16-8-10-20(11-9-16)12-18(23)22(17-6-7-17)14(2)15-4-5-15/h14-17H,3-13H2,1-2H3,(H,24,25). The van der Waals surface area contributed by atoms with E-state index in [1.807, 2.05) is 11.8 Å². The van der Waals surface area contributed by atoms with Gasteiger partial charge in [0, 0.05) is 31.2 Å². The highest BCUT2D eigenvalue weighted by atomic mass is 16.4. The lowest BCUT2D eigenvalue weighted by Crippen LogP contribution is -2.51. The fourth-order valence-corrected chi connectivity index (χ4v) is 4.31. The van der Waals surface area contributed by atoms with Gasteiger partial charge >= 0.3 is 5.97 Å². The fourth-order valence-electron chi connectivity index (χ4n) is 4.31. The van der Waals surface area contributed by atoms with E-state index in [1.54, 1.807) is 0 Å².